The van der Waals surface area contributed by atoms with Gasteiger partial charge in [-0.25, -0.2) is 0 Å². The first-order valence-electron chi connectivity index (χ1n) is 5.67. The molecule has 3 nitrogen and oxygen atoms in total. The fourth-order valence-corrected chi connectivity index (χ4v) is 1.69. The number of benzene rings is 1. The molecule has 0 bridgehead atoms. The number of aliphatic hydroxyl groups is 1. The molecule has 1 aromatic rings. The van der Waals surface area contributed by atoms with Crippen LogP contribution in [0.25, 0.3) is 0 Å². The van der Waals surface area contributed by atoms with Crippen LogP contribution in [0.5, 0.6) is 0 Å². The maximum absolute atomic E-state index is 9.93. The van der Waals surface area contributed by atoms with Crippen LogP contribution in [0.1, 0.15) is 25.0 Å². The number of likely N-dealkylation sites (N-methyl/N-ethyl adjacent to an activating group) is 1. The number of hydrogen-bond acceptors (Lipinski definition) is 3. The molecule has 0 aliphatic heterocycles. The van der Waals surface area contributed by atoms with Gasteiger partial charge in [0.2, 0.25) is 0 Å². The lowest BCUT2D eigenvalue weighted by Crippen LogP contribution is -2.23. The van der Waals surface area contributed by atoms with E-state index in [0.717, 1.165) is 24.2 Å². The highest BCUT2D eigenvalue weighted by Crippen LogP contribution is 2.27. The summed E-state index contributed by atoms with van der Waals surface area (Å²) in [4.78, 5) is 2.11. The first-order valence-corrected chi connectivity index (χ1v) is 5.67. The first kappa shape index (κ1) is 13.0. The Hall–Kier alpha value is -1.06. The normalized spacial score (nSPS) is 12.5. The topological polar surface area (TPSA) is 32.7 Å². The molecule has 1 atom stereocenters. The summed E-state index contributed by atoms with van der Waals surface area (Å²) >= 11 is 0. The van der Waals surface area contributed by atoms with Crippen molar-refractivity contribution in [2.24, 2.45) is 0 Å². The van der Waals surface area contributed by atoms with E-state index < -0.39 is 0 Å². The molecule has 0 saturated heterocycles. The van der Waals surface area contributed by atoms with Gasteiger partial charge in [-0.3, -0.25) is 0 Å². The number of anilines is 1. The van der Waals surface area contributed by atoms with Crippen LogP contribution in [0.2, 0.25) is 0 Å². The average molecular weight is 223 g/mol. The minimum absolute atomic E-state index is 0.388. The molecule has 16 heavy (non-hydrogen) atoms. The number of aliphatic hydroxyl groups excluding tert-OH is 1. The Bertz CT molecular complexity index is 315. The van der Waals surface area contributed by atoms with Crippen LogP contribution in [0, 0.1) is 0 Å². The molecule has 0 fully saturated rings. The lowest BCUT2D eigenvalue weighted by atomic mass is 10.0. The lowest BCUT2D eigenvalue weighted by Gasteiger charge is -2.23. The van der Waals surface area contributed by atoms with E-state index >= 15 is 0 Å². The molecule has 0 radical (unpaired) electrons. The smallest absolute Gasteiger partial charge is 0.0807 e. The molecule has 1 aromatic carbocycles. The van der Waals surface area contributed by atoms with Crippen molar-refractivity contribution in [1.82, 2.24) is 0 Å². The SMILES string of the molecule is CC[C@H](O)c1ccccc1N(C)CCOC. The van der Waals surface area contributed by atoms with E-state index in [1.165, 1.54) is 0 Å². The van der Waals surface area contributed by atoms with E-state index in [4.69, 9.17) is 4.74 Å². The fraction of sp³-hybridized carbons (Fsp3) is 0.538. The van der Waals surface area contributed by atoms with E-state index in [2.05, 4.69) is 4.90 Å². The second-order valence-electron chi connectivity index (χ2n) is 3.90. The van der Waals surface area contributed by atoms with Gasteiger partial charge in [-0.1, -0.05) is 25.1 Å². The molecule has 0 heterocycles. The molecular formula is C13H21NO2. The Kier molecular flexibility index (Phi) is 5.29. The summed E-state index contributed by atoms with van der Waals surface area (Å²) in [6.45, 7) is 3.49. The molecule has 0 aromatic heterocycles. The predicted molar refractivity (Wildman–Crippen MR) is 66.8 cm³/mol. The van der Waals surface area contributed by atoms with Crippen LogP contribution in [-0.4, -0.2) is 32.4 Å². The van der Waals surface area contributed by atoms with E-state index in [1.54, 1.807) is 7.11 Å². The van der Waals surface area contributed by atoms with Crippen LogP contribution in [-0.2, 0) is 4.74 Å². The zero-order valence-corrected chi connectivity index (χ0v) is 10.3. The van der Waals surface area contributed by atoms with Crippen molar-refractivity contribution in [2.45, 2.75) is 19.4 Å². The van der Waals surface area contributed by atoms with Crippen LogP contribution in [0.3, 0.4) is 0 Å². The number of nitrogens with zero attached hydrogens (tertiary/aromatic N) is 1. The average Bonchev–Trinajstić information content (AvgIpc) is 2.35. The molecule has 0 saturated carbocycles. The largest absolute Gasteiger partial charge is 0.388 e. The maximum atomic E-state index is 9.93. The maximum Gasteiger partial charge on any atom is 0.0807 e. The van der Waals surface area contributed by atoms with Crippen molar-refractivity contribution >= 4 is 5.69 Å². The molecule has 0 amide bonds. The highest BCUT2D eigenvalue weighted by atomic mass is 16.5. The molecule has 1 rings (SSSR count). The summed E-state index contributed by atoms with van der Waals surface area (Å²) in [7, 11) is 3.71. The van der Waals surface area contributed by atoms with E-state index in [0.29, 0.717) is 6.61 Å². The van der Waals surface area contributed by atoms with Crippen molar-refractivity contribution in [3.8, 4) is 0 Å². The van der Waals surface area contributed by atoms with Gasteiger partial charge >= 0.3 is 0 Å². The third-order valence-corrected chi connectivity index (χ3v) is 2.72. The zero-order valence-electron chi connectivity index (χ0n) is 10.3. The third kappa shape index (κ3) is 3.22. The van der Waals surface area contributed by atoms with Gasteiger partial charge < -0.3 is 14.7 Å². The number of ether oxygens (including phenoxy) is 1. The van der Waals surface area contributed by atoms with Crippen molar-refractivity contribution in [3.05, 3.63) is 29.8 Å². The Morgan fingerprint density at radius 2 is 2.06 bits per heavy atom. The molecule has 90 valence electrons. The standard InChI is InChI=1S/C13H21NO2/c1-4-13(15)11-7-5-6-8-12(11)14(2)9-10-16-3/h5-8,13,15H,4,9-10H2,1-3H3/t13-/m0/s1. The molecule has 0 spiro atoms. The molecule has 0 unspecified atom stereocenters. The van der Waals surface area contributed by atoms with Gasteiger partial charge in [0.15, 0.2) is 0 Å². The van der Waals surface area contributed by atoms with Crippen LogP contribution >= 0.6 is 0 Å². The Balaban J connectivity index is 2.85. The molecular weight excluding hydrogens is 202 g/mol. The lowest BCUT2D eigenvalue weighted by molar-refractivity contribution is 0.173. The monoisotopic (exact) mass is 223 g/mol. The van der Waals surface area contributed by atoms with Crippen molar-refractivity contribution < 1.29 is 9.84 Å². The quantitative estimate of drug-likeness (QED) is 0.802. The summed E-state index contributed by atoms with van der Waals surface area (Å²) < 4.78 is 5.06. The van der Waals surface area contributed by atoms with Crippen molar-refractivity contribution in [1.29, 1.82) is 0 Å². The van der Waals surface area contributed by atoms with Crippen molar-refractivity contribution in [2.75, 3.05) is 32.2 Å². The van der Waals surface area contributed by atoms with E-state index in [1.807, 2.05) is 38.2 Å². The van der Waals surface area contributed by atoms with Crippen LogP contribution in [0.4, 0.5) is 5.69 Å². The van der Waals surface area contributed by atoms with Gasteiger partial charge in [0.05, 0.1) is 12.7 Å². The molecule has 3 heteroatoms. The summed E-state index contributed by atoms with van der Waals surface area (Å²) in [6, 6.07) is 7.96. The fourth-order valence-electron chi connectivity index (χ4n) is 1.69. The number of rotatable bonds is 6. The number of para-hydroxylation sites is 1. The second kappa shape index (κ2) is 6.51. The zero-order chi connectivity index (χ0) is 12.0. The highest BCUT2D eigenvalue weighted by Gasteiger charge is 2.12. The Morgan fingerprint density at radius 1 is 1.38 bits per heavy atom. The summed E-state index contributed by atoms with van der Waals surface area (Å²) in [5.41, 5.74) is 2.07. The van der Waals surface area contributed by atoms with Gasteiger partial charge in [0, 0.05) is 32.0 Å². The molecule has 0 aliphatic carbocycles. The summed E-state index contributed by atoms with van der Waals surface area (Å²) in [5.74, 6) is 0. The van der Waals surface area contributed by atoms with E-state index in [9.17, 15) is 5.11 Å². The van der Waals surface area contributed by atoms with Gasteiger partial charge in [-0.05, 0) is 12.5 Å². The van der Waals surface area contributed by atoms with Gasteiger partial charge in [-0.15, -0.1) is 0 Å². The van der Waals surface area contributed by atoms with Crippen molar-refractivity contribution in [3.63, 3.8) is 0 Å². The molecule has 1 N–H and O–H groups in total. The Morgan fingerprint density at radius 3 is 2.69 bits per heavy atom. The summed E-state index contributed by atoms with van der Waals surface area (Å²) in [5, 5.41) is 9.93. The van der Waals surface area contributed by atoms with Crippen LogP contribution < -0.4 is 4.90 Å². The van der Waals surface area contributed by atoms with E-state index in [-0.39, 0.29) is 6.10 Å². The second-order valence-corrected chi connectivity index (χ2v) is 3.90. The van der Waals surface area contributed by atoms with Gasteiger partial charge in [-0.2, -0.15) is 0 Å². The highest BCUT2D eigenvalue weighted by molar-refractivity contribution is 5.54. The number of methoxy groups -OCH3 is 1. The Labute approximate surface area is 97.7 Å². The number of hydrogen-bond donors (Lipinski definition) is 1. The van der Waals surface area contributed by atoms with Gasteiger partial charge in [0.25, 0.3) is 0 Å². The van der Waals surface area contributed by atoms with Crippen LogP contribution in [0.15, 0.2) is 24.3 Å². The predicted octanol–water partition coefficient (Wildman–Crippen LogP) is 2.21. The minimum Gasteiger partial charge on any atom is -0.388 e. The summed E-state index contributed by atoms with van der Waals surface area (Å²) in [6.07, 6.45) is 0.343. The first-order chi connectivity index (χ1) is 7.70. The molecule has 0 aliphatic rings. The third-order valence-electron chi connectivity index (χ3n) is 2.72. The van der Waals surface area contributed by atoms with Gasteiger partial charge in [0.1, 0.15) is 0 Å². The minimum atomic E-state index is -0.388.